The molecule has 1 heterocycles. The second kappa shape index (κ2) is 7.54. The van der Waals surface area contributed by atoms with Crippen LogP contribution in [0.5, 0.6) is 0 Å². The third-order valence-electron chi connectivity index (χ3n) is 3.75. The normalized spacial score (nSPS) is 18.0. The molecule has 116 valence electrons. The summed E-state index contributed by atoms with van der Waals surface area (Å²) in [5, 5.41) is 13.0. The van der Waals surface area contributed by atoms with Crippen molar-refractivity contribution in [2.24, 2.45) is 0 Å². The lowest BCUT2D eigenvalue weighted by atomic mass is 9.86. The molecule has 1 aromatic rings. The fourth-order valence-electron chi connectivity index (χ4n) is 2.39. The second-order valence-electron chi connectivity index (χ2n) is 5.28. The van der Waals surface area contributed by atoms with Crippen LogP contribution >= 0.6 is 0 Å². The fourth-order valence-corrected chi connectivity index (χ4v) is 2.39. The minimum absolute atomic E-state index is 0.110. The van der Waals surface area contributed by atoms with Crippen LogP contribution in [0.2, 0.25) is 0 Å². The number of ether oxygens (including phenoxy) is 2. The van der Waals surface area contributed by atoms with Crippen LogP contribution in [0.1, 0.15) is 25.3 Å². The van der Waals surface area contributed by atoms with Crippen LogP contribution in [-0.4, -0.2) is 43.5 Å². The number of carbonyl (C=O) groups is 1. The highest BCUT2D eigenvalue weighted by atomic mass is 16.6. The Morgan fingerprint density at radius 2 is 2.14 bits per heavy atom. The van der Waals surface area contributed by atoms with Crippen LogP contribution in [0.15, 0.2) is 30.3 Å². The summed E-state index contributed by atoms with van der Waals surface area (Å²) in [5.41, 5.74) is -0.332. The van der Waals surface area contributed by atoms with Crippen molar-refractivity contribution in [3.63, 3.8) is 0 Å². The lowest BCUT2D eigenvalue weighted by molar-refractivity contribution is -0.151. The minimum Gasteiger partial charge on any atom is -0.480 e. The summed E-state index contributed by atoms with van der Waals surface area (Å²) in [4.78, 5) is 11.9. The van der Waals surface area contributed by atoms with E-state index in [0.717, 1.165) is 12.0 Å². The van der Waals surface area contributed by atoms with E-state index in [1.807, 2.05) is 37.3 Å². The maximum absolute atomic E-state index is 11.9. The topological polar surface area (TPSA) is 67.8 Å². The summed E-state index contributed by atoms with van der Waals surface area (Å²) in [6.07, 6.45) is 1.38. The van der Waals surface area contributed by atoms with Gasteiger partial charge in [-0.2, -0.15) is 0 Å². The number of carboxylic acid groups (broad SMARTS) is 1. The highest BCUT2D eigenvalue weighted by molar-refractivity contribution is 5.80. The van der Waals surface area contributed by atoms with Gasteiger partial charge in [-0.05, 0) is 18.5 Å². The molecule has 0 bridgehead atoms. The van der Waals surface area contributed by atoms with Gasteiger partial charge < -0.3 is 14.6 Å². The molecule has 0 saturated carbocycles. The largest absolute Gasteiger partial charge is 0.480 e. The fraction of sp³-hybridized carbons (Fsp3) is 0.562. The van der Waals surface area contributed by atoms with Crippen molar-refractivity contribution < 1.29 is 19.4 Å². The number of hydrogen-bond acceptors (Lipinski definition) is 4. The molecule has 2 rings (SSSR count). The summed E-state index contributed by atoms with van der Waals surface area (Å²) in [6, 6.07) is 9.31. The molecule has 2 N–H and O–H groups in total. The number of benzene rings is 1. The molecule has 1 aliphatic heterocycles. The van der Waals surface area contributed by atoms with Gasteiger partial charge in [0.2, 0.25) is 0 Å². The van der Waals surface area contributed by atoms with Gasteiger partial charge in [-0.3, -0.25) is 5.32 Å². The first-order valence-corrected chi connectivity index (χ1v) is 7.42. The average molecular weight is 293 g/mol. The molecular weight excluding hydrogens is 270 g/mol. The van der Waals surface area contributed by atoms with Crippen LogP contribution in [0.25, 0.3) is 0 Å². The van der Waals surface area contributed by atoms with E-state index >= 15 is 0 Å². The quantitative estimate of drug-likeness (QED) is 0.726. The molecule has 1 fully saturated rings. The molecule has 1 aliphatic rings. The standard InChI is InChI=1S/C16H23NO4/c1-2-9-17-16(15(18)19,13-6-4-3-5-7-13)8-10-21-14-11-20-12-14/h3-7,14,17H,2,8-12H2,1H3,(H,18,19). The molecule has 1 aromatic carbocycles. The van der Waals surface area contributed by atoms with Crippen molar-refractivity contribution in [3.05, 3.63) is 35.9 Å². The Morgan fingerprint density at radius 1 is 1.43 bits per heavy atom. The number of nitrogens with one attached hydrogen (secondary N) is 1. The Bertz CT molecular complexity index is 447. The highest BCUT2D eigenvalue weighted by Crippen LogP contribution is 2.26. The maximum Gasteiger partial charge on any atom is 0.328 e. The molecule has 5 heteroatoms. The molecular formula is C16H23NO4. The highest BCUT2D eigenvalue weighted by Gasteiger charge is 2.39. The van der Waals surface area contributed by atoms with E-state index in [4.69, 9.17) is 9.47 Å². The number of aliphatic carboxylic acids is 1. The molecule has 0 radical (unpaired) electrons. The summed E-state index contributed by atoms with van der Waals surface area (Å²) >= 11 is 0. The van der Waals surface area contributed by atoms with Crippen LogP contribution in [0.3, 0.4) is 0 Å². The summed E-state index contributed by atoms with van der Waals surface area (Å²) in [5.74, 6) is -0.865. The van der Waals surface area contributed by atoms with Gasteiger partial charge in [0.05, 0.1) is 13.2 Å². The van der Waals surface area contributed by atoms with Gasteiger partial charge >= 0.3 is 5.97 Å². The Morgan fingerprint density at radius 3 is 2.67 bits per heavy atom. The molecule has 1 unspecified atom stereocenters. The third-order valence-corrected chi connectivity index (χ3v) is 3.75. The van der Waals surface area contributed by atoms with Crippen molar-refractivity contribution >= 4 is 5.97 Å². The Hall–Kier alpha value is -1.43. The van der Waals surface area contributed by atoms with Gasteiger partial charge in [-0.1, -0.05) is 37.3 Å². The minimum atomic E-state index is -1.10. The lowest BCUT2D eigenvalue weighted by Gasteiger charge is -2.33. The third kappa shape index (κ3) is 3.81. The van der Waals surface area contributed by atoms with Crippen molar-refractivity contribution in [2.45, 2.75) is 31.4 Å². The van der Waals surface area contributed by atoms with E-state index < -0.39 is 11.5 Å². The molecule has 0 spiro atoms. The molecule has 0 aliphatic carbocycles. The molecule has 5 nitrogen and oxygen atoms in total. The van der Waals surface area contributed by atoms with Crippen molar-refractivity contribution in [2.75, 3.05) is 26.4 Å². The van der Waals surface area contributed by atoms with Gasteiger partial charge in [0.25, 0.3) is 0 Å². The van der Waals surface area contributed by atoms with Crippen LogP contribution < -0.4 is 5.32 Å². The number of hydrogen-bond donors (Lipinski definition) is 2. The first-order chi connectivity index (χ1) is 10.2. The van der Waals surface area contributed by atoms with Crippen LogP contribution in [0.4, 0.5) is 0 Å². The zero-order chi connectivity index (χ0) is 15.1. The molecule has 0 amide bonds. The summed E-state index contributed by atoms with van der Waals surface area (Å²) < 4.78 is 10.7. The Labute approximate surface area is 125 Å². The predicted molar refractivity (Wildman–Crippen MR) is 79.2 cm³/mol. The van der Waals surface area contributed by atoms with E-state index in [9.17, 15) is 9.90 Å². The smallest absolute Gasteiger partial charge is 0.328 e. The van der Waals surface area contributed by atoms with E-state index in [2.05, 4.69) is 5.32 Å². The van der Waals surface area contributed by atoms with Gasteiger partial charge in [-0.25, -0.2) is 4.79 Å². The molecule has 0 aromatic heterocycles. The second-order valence-corrected chi connectivity index (χ2v) is 5.28. The van der Waals surface area contributed by atoms with E-state index in [1.54, 1.807) is 0 Å². The van der Waals surface area contributed by atoms with Gasteiger partial charge in [0, 0.05) is 13.0 Å². The molecule has 1 saturated heterocycles. The average Bonchev–Trinajstić information content (AvgIpc) is 2.45. The van der Waals surface area contributed by atoms with Gasteiger partial charge in [0.1, 0.15) is 11.6 Å². The maximum atomic E-state index is 11.9. The van der Waals surface area contributed by atoms with Gasteiger partial charge in [-0.15, -0.1) is 0 Å². The Kier molecular flexibility index (Phi) is 5.73. The Balaban J connectivity index is 2.11. The van der Waals surface area contributed by atoms with E-state index in [-0.39, 0.29) is 6.10 Å². The number of carboxylic acids is 1. The van der Waals surface area contributed by atoms with Gasteiger partial charge in [0.15, 0.2) is 0 Å². The summed E-state index contributed by atoms with van der Waals surface area (Å²) in [6.45, 7) is 4.27. The molecule has 1 atom stereocenters. The van der Waals surface area contributed by atoms with E-state index in [1.165, 1.54) is 0 Å². The van der Waals surface area contributed by atoms with Crippen molar-refractivity contribution in [1.29, 1.82) is 0 Å². The van der Waals surface area contributed by atoms with Crippen molar-refractivity contribution in [1.82, 2.24) is 5.32 Å². The van der Waals surface area contributed by atoms with Crippen LogP contribution in [-0.2, 0) is 19.8 Å². The predicted octanol–water partition coefficient (Wildman–Crippen LogP) is 1.77. The zero-order valence-electron chi connectivity index (χ0n) is 12.4. The first-order valence-electron chi connectivity index (χ1n) is 7.42. The summed E-state index contributed by atoms with van der Waals surface area (Å²) in [7, 11) is 0. The van der Waals surface area contributed by atoms with E-state index in [0.29, 0.717) is 32.8 Å². The lowest BCUT2D eigenvalue weighted by Crippen LogP contribution is -2.51. The SMILES string of the molecule is CCCNC(CCOC1COC1)(C(=O)O)c1ccccc1. The first kappa shape index (κ1) is 15.9. The zero-order valence-corrected chi connectivity index (χ0v) is 12.4. The van der Waals surface area contributed by atoms with Crippen LogP contribution in [0, 0.1) is 0 Å². The monoisotopic (exact) mass is 293 g/mol. The number of rotatable bonds is 9. The van der Waals surface area contributed by atoms with Crippen molar-refractivity contribution in [3.8, 4) is 0 Å². The molecule has 21 heavy (non-hydrogen) atoms.